The molecule has 2 aromatic heterocycles. The minimum absolute atomic E-state index is 0.302. The van der Waals surface area contributed by atoms with E-state index in [-0.39, 0.29) is 5.82 Å². The van der Waals surface area contributed by atoms with Crippen molar-refractivity contribution in [2.45, 2.75) is 32.7 Å². The molecule has 0 saturated carbocycles. The topological polar surface area (TPSA) is 70.1 Å². The average Bonchev–Trinajstić information content (AvgIpc) is 3.02. The Morgan fingerprint density at radius 2 is 1.93 bits per heavy atom. The van der Waals surface area contributed by atoms with Crippen molar-refractivity contribution in [1.82, 2.24) is 9.36 Å². The maximum Gasteiger partial charge on any atom is 0.419 e. The van der Waals surface area contributed by atoms with Gasteiger partial charge in [0.05, 0.1) is 16.8 Å². The first-order chi connectivity index (χ1) is 13.3. The molecule has 1 aromatic carbocycles. The summed E-state index contributed by atoms with van der Waals surface area (Å²) in [5, 5.41) is 16.7. The predicted octanol–water partition coefficient (Wildman–Crippen LogP) is 5.27. The van der Waals surface area contributed by atoms with Gasteiger partial charge >= 0.3 is 6.18 Å². The fraction of sp³-hybridized carbons (Fsp3) is 0.263. The van der Waals surface area contributed by atoms with Gasteiger partial charge < -0.3 is 15.7 Å². The Morgan fingerprint density at radius 1 is 1.18 bits per heavy atom. The molecule has 5 nitrogen and oxygen atoms in total. The molecular formula is C19H19F3N4OS. The number of hydrogen-bond acceptors (Lipinski definition) is 6. The van der Waals surface area contributed by atoms with E-state index in [4.69, 9.17) is 0 Å². The molecule has 1 unspecified atom stereocenters. The van der Waals surface area contributed by atoms with E-state index in [1.54, 1.807) is 6.92 Å². The normalized spacial score (nSPS) is 12.6. The molecule has 3 N–H and O–H groups in total. The number of hydrogen-bond donors (Lipinski definition) is 3. The molecule has 0 fully saturated rings. The summed E-state index contributed by atoms with van der Waals surface area (Å²) in [6.45, 7) is 3.69. The summed E-state index contributed by atoms with van der Waals surface area (Å²) in [5.74, 6) is -0.332. The zero-order valence-corrected chi connectivity index (χ0v) is 16.0. The van der Waals surface area contributed by atoms with Crippen LogP contribution < -0.4 is 10.6 Å². The van der Waals surface area contributed by atoms with Gasteiger partial charge in [0.1, 0.15) is 10.8 Å². The molecule has 0 spiro atoms. The summed E-state index contributed by atoms with van der Waals surface area (Å²) in [6.07, 6.45) is -3.65. The first-order valence-corrected chi connectivity index (χ1v) is 9.36. The summed E-state index contributed by atoms with van der Waals surface area (Å²) in [4.78, 5) is 3.81. The molecule has 28 heavy (non-hydrogen) atoms. The van der Waals surface area contributed by atoms with Crippen LogP contribution in [0.2, 0.25) is 0 Å². The monoisotopic (exact) mass is 408 g/mol. The van der Waals surface area contributed by atoms with Crippen LogP contribution in [0.15, 0.2) is 42.6 Å². The highest BCUT2D eigenvalue weighted by molar-refractivity contribution is 7.10. The lowest BCUT2D eigenvalue weighted by Crippen LogP contribution is -2.14. The van der Waals surface area contributed by atoms with Gasteiger partial charge in [-0.3, -0.25) is 0 Å². The predicted molar refractivity (Wildman–Crippen MR) is 104 cm³/mol. The number of anilines is 3. The van der Waals surface area contributed by atoms with Crippen molar-refractivity contribution in [2.75, 3.05) is 10.6 Å². The summed E-state index contributed by atoms with van der Waals surface area (Å²) >= 11 is 0.971. The molecule has 0 aliphatic rings. The molecule has 0 saturated heterocycles. The molecule has 148 valence electrons. The van der Waals surface area contributed by atoms with E-state index in [0.29, 0.717) is 16.3 Å². The Balaban J connectivity index is 1.91. The third-order valence-electron chi connectivity index (χ3n) is 4.22. The van der Waals surface area contributed by atoms with Crippen LogP contribution in [0.5, 0.6) is 0 Å². The Labute approximate surface area is 164 Å². The summed E-state index contributed by atoms with van der Waals surface area (Å²) in [5.41, 5.74) is 1.79. The number of nitrogens with zero attached hydrogens (tertiary/aromatic N) is 2. The number of halogens is 3. The number of rotatable bonds is 6. The molecule has 1 atom stereocenters. The van der Waals surface area contributed by atoms with Crippen LogP contribution in [-0.2, 0) is 12.6 Å². The molecule has 3 aromatic rings. The number of para-hydroxylation sites is 1. The van der Waals surface area contributed by atoms with Crippen molar-refractivity contribution in [1.29, 1.82) is 0 Å². The summed E-state index contributed by atoms with van der Waals surface area (Å²) in [6, 6.07) is 9.71. The SMILES string of the molecule is CCc1ccccc1NC(O)c1c(C)nsc1Nc1ncccc1C(F)(F)F. The zero-order valence-electron chi connectivity index (χ0n) is 15.2. The van der Waals surface area contributed by atoms with Gasteiger partial charge in [-0.25, -0.2) is 4.98 Å². The van der Waals surface area contributed by atoms with Gasteiger partial charge in [0.15, 0.2) is 6.23 Å². The fourth-order valence-corrected chi connectivity index (χ4v) is 3.65. The van der Waals surface area contributed by atoms with Gasteiger partial charge in [-0.05, 0) is 48.6 Å². The second kappa shape index (κ2) is 8.15. The lowest BCUT2D eigenvalue weighted by molar-refractivity contribution is -0.137. The summed E-state index contributed by atoms with van der Waals surface area (Å²) < 4.78 is 43.9. The van der Waals surface area contributed by atoms with E-state index in [1.807, 2.05) is 31.2 Å². The van der Waals surface area contributed by atoms with Crippen LogP contribution in [0.1, 0.15) is 35.5 Å². The molecule has 0 aliphatic heterocycles. The van der Waals surface area contributed by atoms with Crippen LogP contribution in [0.25, 0.3) is 0 Å². The van der Waals surface area contributed by atoms with Crippen molar-refractivity contribution in [3.05, 3.63) is 65.0 Å². The molecule has 2 heterocycles. The number of nitrogens with one attached hydrogen (secondary N) is 2. The largest absolute Gasteiger partial charge is 0.419 e. The van der Waals surface area contributed by atoms with Crippen LogP contribution in [0.3, 0.4) is 0 Å². The average molecular weight is 408 g/mol. The number of alkyl halides is 3. The minimum atomic E-state index is -4.55. The second-order valence-corrected chi connectivity index (χ2v) is 6.86. The third kappa shape index (κ3) is 4.26. The molecule has 0 aliphatic carbocycles. The molecule has 0 bridgehead atoms. The fourth-order valence-electron chi connectivity index (χ4n) is 2.82. The van der Waals surface area contributed by atoms with Gasteiger partial charge in [0.2, 0.25) is 0 Å². The van der Waals surface area contributed by atoms with Gasteiger partial charge in [0, 0.05) is 11.9 Å². The van der Waals surface area contributed by atoms with Gasteiger partial charge in [-0.2, -0.15) is 17.5 Å². The van der Waals surface area contributed by atoms with Crippen molar-refractivity contribution in [2.24, 2.45) is 0 Å². The Bertz CT molecular complexity index is 958. The number of aromatic nitrogens is 2. The van der Waals surface area contributed by atoms with Crippen LogP contribution in [0.4, 0.5) is 29.7 Å². The molecule has 0 amide bonds. The highest BCUT2D eigenvalue weighted by atomic mass is 32.1. The van der Waals surface area contributed by atoms with Gasteiger partial charge in [-0.1, -0.05) is 25.1 Å². The lowest BCUT2D eigenvalue weighted by atomic mass is 10.1. The van der Waals surface area contributed by atoms with Gasteiger partial charge in [-0.15, -0.1) is 0 Å². The van der Waals surface area contributed by atoms with Crippen LogP contribution in [-0.4, -0.2) is 14.5 Å². The summed E-state index contributed by atoms with van der Waals surface area (Å²) in [7, 11) is 0. The molecular weight excluding hydrogens is 389 g/mol. The van der Waals surface area contributed by atoms with Crippen LogP contribution >= 0.6 is 11.5 Å². The minimum Gasteiger partial charge on any atom is -0.369 e. The van der Waals surface area contributed by atoms with Crippen molar-refractivity contribution < 1.29 is 18.3 Å². The first-order valence-electron chi connectivity index (χ1n) is 8.59. The van der Waals surface area contributed by atoms with E-state index < -0.39 is 18.0 Å². The Kier molecular flexibility index (Phi) is 5.85. The highest BCUT2D eigenvalue weighted by Crippen LogP contribution is 2.38. The molecule has 3 rings (SSSR count). The number of aliphatic hydroxyl groups is 1. The van der Waals surface area contributed by atoms with E-state index in [1.165, 1.54) is 12.3 Å². The van der Waals surface area contributed by atoms with Crippen molar-refractivity contribution in [3.63, 3.8) is 0 Å². The maximum atomic E-state index is 13.2. The quantitative estimate of drug-likeness (QED) is 0.485. The van der Waals surface area contributed by atoms with Crippen molar-refractivity contribution in [3.8, 4) is 0 Å². The first kappa shape index (κ1) is 20.1. The molecule has 9 heteroatoms. The second-order valence-electron chi connectivity index (χ2n) is 6.09. The van der Waals surface area contributed by atoms with Crippen molar-refractivity contribution >= 4 is 28.0 Å². The number of aliphatic hydroxyl groups excluding tert-OH is 1. The highest BCUT2D eigenvalue weighted by Gasteiger charge is 2.34. The number of benzene rings is 1. The Morgan fingerprint density at radius 3 is 2.64 bits per heavy atom. The van der Waals surface area contributed by atoms with E-state index >= 15 is 0 Å². The Hall–Kier alpha value is -2.65. The van der Waals surface area contributed by atoms with Crippen LogP contribution in [0, 0.1) is 6.92 Å². The van der Waals surface area contributed by atoms with E-state index in [0.717, 1.165) is 35.3 Å². The smallest absolute Gasteiger partial charge is 0.369 e. The standard InChI is InChI=1S/C19H19F3N4OS/c1-3-12-7-4-5-9-14(12)24-17(27)15-11(2)26-28-18(15)25-16-13(19(20,21)22)8-6-10-23-16/h4-10,17,24,27H,3H2,1-2H3,(H,23,25). The molecule has 0 radical (unpaired) electrons. The lowest BCUT2D eigenvalue weighted by Gasteiger charge is -2.19. The third-order valence-corrected chi connectivity index (χ3v) is 5.09. The zero-order chi connectivity index (χ0) is 20.3. The van der Waals surface area contributed by atoms with E-state index in [2.05, 4.69) is 20.0 Å². The van der Waals surface area contributed by atoms with E-state index in [9.17, 15) is 18.3 Å². The maximum absolute atomic E-state index is 13.2. The number of pyridine rings is 1. The van der Waals surface area contributed by atoms with Gasteiger partial charge in [0.25, 0.3) is 0 Å². The number of aryl methyl sites for hydroxylation is 2.